The van der Waals surface area contributed by atoms with Crippen molar-refractivity contribution in [3.05, 3.63) is 67.0 Å². The standard InChI is InChI=1S/C21H21N3OS/c25-21(16-26-20-6-5-17-3-1-2-4-18(17)15-20)24-13-11-23(12-14-24)19-7-9-22-10-8-19/h1-10,15H,11-14,16H2. The van der Waals surface area contributed by atoms with Gasteiger partial charge in [0.05, 0.1) is 5.75 Å². The zero-order chi connectivity index (χ0) is 17.8. The van der Waals surface area contributed by atoms with Crippen LogP contribution < -0.4 is 4.90 Å². The number of fused-ring (bicyclic) bond motifs is 1. The number of rotatable bonds is 4. The number of piperazine rings is 1. The van der Waals surface area contributed by atoms with Crippen molar-refractivity contribution in [3.63, 3.8) is 0 Å². The molecule has 1 aliphatic rings. The fraction of sp³-hybridized carbons (Fsp3) is 0.238. The number of anilines is 1. The predicted octanol–water partition coefficient (Wildman–Crippen LogP) is 3.68. The monoisotopic (exact) mass is 363 g/mol. The fourth-order valence-corrected chi connectivity index (χ4v) is 4.11. The molecule has 26 heavy (non-hydrogen) atoms. The van der Waals surface area contributed by atoms with Crippen molar-refractivity contribution in [2.24, 2.45) is 0 Å². The van der Waals surface area contributed by atoms with E-state index in [4.69, 9.17) is 0 Å². The maximum Gasteiger partial charge on any atom is 0.233 e. The normalized spacial score (nSPS) is 14.6. The molecule has 0 bridgehead atoms. The second-order valence-corrected chi connectivity index (χ2v) is 7.42. The predicted molar refractivity (Wildman–Crippen MR) is 108 cm³/mol. The zero-order valence-corrected chi connectivity index (χ0v) is 15.4. The third-order valence-electron chi connectivity index (χ3n) is 4.74. The molecule has 0 spiro atoms. The summed E-state index contributed by atoms with van der Waals surface area (Å²) in [6, 6.07) is 18.7. The molecule has 0 N–H and O–H groups in total. The Bertz CT molecular complexity index is 892. The molecule has 0 unspecified atom stereocenters. The van der Waals surface area contributed by atoms with E-state index in [1.807, 2.05) is 41.6 Å². The molecular weight excluding hydrogens is 342 g/mol. The quantitative estimate of drug-likeness (QED) is 0.663. The van der Waals surface area contributed by atoms with Gasteiger partial charge in [-0.05, 0) is 35.0 Å². The van der Waals surface area contributed by atoms with E-state index in [1.165, 1.54) is 16.5 Å². The van der Waals surface area contributed by atoms with Gasteiger partial charge in [-0.1, -0.05) is 30.3 Å². The van der Waals surface area contributed by atoms with Crippen LogP contribution in [0.4, 0.5) is 5.69 Å². The molecule has 1 fully saturated rings. The Morgan fingerprint density at radius 2 is 1.65 bits per heavy atom. The van der Waals surface area contributed by atoms with Crippen LogP contribution in [0.25, 0.3) is 10.8 Å². The summed E-state index contributed by atoms with van der Waals surface area (Å²) >= 11 is 1.62. The number of carbonyl (C=O) groups is 1. The van der Waals surface area contributed by atoms with Crippen LogP contribution in [-0.4, -0.2) is 47.7 Å². The lowest BCUT2D eigenvalue weighted by Gasteiger charge is -2.36. The minimum atomic E-state index is 0.220. The minimum absolute atomic E-state index is 0.220. The van der Waals surface area contributed by atoms with Crippen molar-refractivity contribution in [2.75, 3.05) is 36.8 Å². The largest absolute Gasteiger partial charge is 0.368 e. The lowest BCUT2D eigenvalue weighted by Crippen LogP contribution is -2.49. The molecular formula is C21H21N3OS. The molecule has 3 aromatic rings. The van der Waals surface area contributed by atoms with Gasteiger partial charge in [-0.3, -0.25) is 9.78 Å². The van der Waals surface area contributed by atoms with Crippen molar-refractivity contribution in [1.29, 1.82) is 0 Å². The molecule has 1 amide bonds. The van der Waals surface area contributed by atoms with Gasteiger partial charge in [-0.15, -0.1) is 11.8 Å². The van der Waals surface area contributed by atoms with E-state index in [-0.39, 0.29) is 5.91 Å². The molecule has 4 nitrogen and oxygen atoms in total. The van der Waals surface area contributed by atoms with E-state index in [9.17, 15) is 4.79 Å². The maximum atomic E-state index is 12.6. The highest BCUT2D eigenvalue weighted by Gasteiger charge is 2.21. The molecule has 0 saturated carbocycles. The highest BCUT2D eigenvalue weighted by atomic mass is 32.2. The molecule has 2 aromatic carbocycles. The Balaban J connectivity index is 1.31. The number of aromatic nitrogens is 1. The summed E-state index contributed by atoms with van der Waals surface area (Å²) in [5.41, 5.74) is 1.18. The lowest BCUT2D eigenvalue weighted by molar-refractivity contribution is -0.128. The van der Waals surface area contributed by atoms with Crippen LogP contribution in [0.15, 0.2) is 71.9 Å². The summed E-state index contributed by atoms with van der Waals surface area (Å²) in [5, 5.41) is 2.45. The van der Waals surface area contributed by atoms with Crippen LogP contribution in [0, 0.1) is 0 Å². The molecule has 2 heterocycles. The molecule has 1 saturated heterocycles. The second-order valence-electron chi connectivity index (χ2n) is 6.37. The van der Waals surface area contributed by atoms with Gasteiger partial charge in [0.15, 0.2) is 0 Å². The van der Waals surface area contributed by atoms with Crippen LogP contribution >= 0.6 is 11.8 Å². The summed E-state index contributed by atoms with van der Waals surface area (Å²) in [6.45, 7) is 3.30. The Kier molecular flexibility index (Phi) is 5.07. The summed E-state index contributed by atoms with van der Waals surface area (Å²) in [6.07, 6.45) is 3.63. The first kappa shape index (κ1) is 16.9. The van der Waals surface area contributed by atoms with Crippen molar-refractivity contribution in [3.8, 4) is 0 Å². The average molecular weight is 363 g/mol. The minimum Gasteiger partial charge on any atom is -0.368 e. The van der Waals surface area contributed by atoms with Crippen molar-refractivity contribution in [2.45, 2.75) is 4.90 Å². The molecule has 0 aliphatic carbocycles. The van der Waals surface area contributed by atoms with Gasteiger partial charge in [0.1, 0.15) is 0 Å². The highest BCUT2D eigenvalue weighted by molar-refractivity contribution is 8.00. The second kappa shape index (κ2) is 7.79. The number of amides is 1. The van der Waals surface area contributed by atoms with E-state index < -0.39 is 0 Å². The molecule has 4 rings (SSSR count). The van der Waals surface area contributed by atoms with Gasteiger partial charge in [-0.2, -0.15) is 0 Å². The summed E-state index contributed by atoms with van der Waals surface area (Å²) in [5.74, 6) is 0.714. The molecule has 132 valence electrons. The van der Waals surface area contributed by atoms with Crippen LogP contribution in [0.1, 0.15) is 0 Å². The first-order valence-electron chi connectivity index (χ1n) is 8.84. The first-order valence-corrected chi connectivity index (χ1v) is 9.82. The average Bonchev–Trinajstić information content (AvgIpc) is 2.72. The van der Waals surface area contributed by atoms with Crippen molar-refractivity contribution in [1.82, 2.24) is 9.88 Å². The highest BCUT2D eigenvalue weighted by Crippen LogP contribution is 2.24. The van der Waals surface area contributed by atoms with E-state index in [0.717, 1.165) is 31.1 Å². The summed E-state index contributed by atoms with van der Waals surface area (Å²) in [4.78, 5) is 22.0. The molecule has 1 aromatic heterocycles. The van der Waals surface area contributed by atoms with Crippen molar-refractivity contribution < 1.29 is 4.79 Å². The summed E-state index contributed by atoms with van der Waals surface area (Å²) < 4.78 is 0. The number of pyridine rings is 1. The van der Waals surface area contributed by atoms with E-state index in [1.54, 1.807) is 11.8 Å². The smallest absolute Gasteiger partial charge is 0.233 e. The number of nitrogens with zero attached hydrogens (tertiary/aromatic N) is 3. The summed E-state index contributed by atoms with van der Waals surface area (Å²) in [7, 11) is 0. The van der Waals surface area contributed by atoms with Crippen LogP contribution in [0.5, 0.6) is 0 Å². The first-order chi connectivity index (χ1) is 12.8. The van der Waals surface area contributed by atoms with E-state index in [0.29, 0.717) is 5.75 Å². The van der Waals surface area contributed by atoms with Gasteiger partial charge < -0.3 is 9.80 Å². The number of carbonyl (C=O) groups excluding carboxylic acids is 1. The zero-order valence-electron chi connectivity index (χ0n) is 14.5. The van der Waals surface area contributed by atoms with Crippen molar-refractivity contribution >= 4 is 34.1 Å². The molecule has 5 heteroatoms. The lowest BCUT2D eigenvalue weighted by atomic mass is 10.1. The van der Waals surface area contributed by atoms with Gasteiger partial charge in [0.2, 0.25) is 5.91 Å². The number of thioether (sulfide) groups is 1. The molecule has 1 aliphatic heterocycles. The number of hydrogen-bond donors (Lipinski definition) is 0. The Morgan fingerprint density at radius 1 is 0.923 bits per heavy atom. The van der Waals surface area contributed by atoms with Gasteiger partial charge in [0.25, 0.3) is 0 Å². The Labute approximate surface area is 157 Å². The van der Waals surface area contributed by atoms with Gasteiger partial charge in [-0.25, -0.2) is 0 Å². The van der Waals surface area contributed by atoms with Crippen LogP contribution in [-0.2, 0) is 4.79 Å². The number of hydrogen-bond acceptors (Lipinski definition) is 4. The van der Waals surface area contributed by atoms with Crippen LogP contribution in [0.2, 0.25) is 0 Å². The Morgan fingerprint density at radius 3 is 2.42 bits per heavy atom. The Hall–Kier alpha value is -2.53. The van der Waals surface area contributed by atoms with E-state index >= 15 is 0 Å². The van der Waals surface area contributed by atoms with Gasteiger partial charge >= 0.3 is 0 Å². The van der Waals surface area contributed by atoms with Gasteiger partial charge in [0, 0.05) is 49.2 Å². The SMILES string of the molecule is O=C(CSc1ccc2ccccc2c1)N1CCN(c2ccncc2)CC1. The topological polar surface area (TPSA) is 36.4 Å². The third kappa shape index (κ3) is 3.83. The molecule has 0 radical (unpaired) electrons. The third-order valence-corrected chi connectivity index (χ3v) is 5.72. The molecule has 0 atom stereocenters. The maximum absolute atomic E-state index is 12.6. The van der Waals surface area contributed by atoms with Crippen LogP contribution in [0.3, 0.4) is 0 Å². The fourth-order valence-electron chi connectivity index (χ4n) is 3.26. The number of benzene rings is 2. The van der Waals surface area contributed by atoms with E-state index in [2.05, 4.69) is 40.2 Å².